The van der Waals surface area contributed by atoms with E-state index in [1.807, 2.05) is 18.2 Å². The molecule has 3 N–H and O–H groups in total. The van der Waals surface area contributed by atoms with Crippen molar-refractivity contribution < 1.29 is 67.8 Å². The molecule has 7 atom stereocenters. The van der Waals surface area contributed by atoms with Crippen LogP contribution in [0.5, 0.6) is 0 Å². The highest BCUT2D eigenvalue weighted by molar-refractivity contribution is 5.82. The number of hydrogen-bond donors (Lipinski definition) is 3. The van der Waals surface area contributed by atoms with Gasteiger partial charge in [0.25, 0.3) is 0 Å². The topological polar surface area (TPSA) is 217 Å². The van der Waals surface area contributed by atoms with E-state index in [0.29, 0.717) is 38.5 Å². The molecular formula is C51H98O14. The summed E-state index contributed by atoms with van der Waals surface area (Å²) in [5.41, 5.74) is -0.938. The summed E-state index contributed by atoms with van der Waals surface area (Å²) in [6, 6.07) is 10.3. The molecule has 0 radical (unpaired) electrons. The molecule has 14 heteroatoms. The molecule has 0 saturated heterocycles. The van der Waals surface area contributed by atoms with Gasteiger partial charge in [-0.3, -0.25) is 33.6 Å². The number of rotatable bonds is 18. The average Bonchev–Trinajstić information content (AvgIpc) is 3.78. The Hall–Kier alpha value is -3.85. The molecule has 0 bridgehead atoms. The van der Waals surface area contributed by atoms with E-state index in [4.69, 9.17) is 29.2 Å². The maximum absolute atomic E-state index is 11.3. The molecule has 7 unspecified atom stereocenters. The van der Waals surface area contributed by atoms with Crippen LogP contribution in [0.15, 0.2) is 30.3 Å². The Labute approximate surface area is 396 Å². The largest absolute Gasteiger partial charge is 0.481 e. The number of methoxy groups -OCH3 is 4. The minimum absolute atomic E-state index is 0. The van der Waals surface area contributed by atoms with Gasteiger partial charge in [0, 0.05) is 54.1 Å². The van der Waals surface area contributed by atoms with Crippen LogP contribution >= 0.6 is 0 Å². The van der Waals surface area contributed by atoms with Crippen molar-refractivity contribution in [2.24, 2.45) is 17.8 Å². The first kappa shape index (κ1) is 78.3. The van der Waals surface area contributed by atoms with Crippen molar-refractivity contribution in [1.29, 1.82) is 0 Å². The molecule has 3 aliphatic carbocycles. The third-order valence-corrected chi connectivity index (χ3v) is 11.2. The van der Waals surface area contributed by atoms with E-state index in [0.717, 1.165) is 38.5 Å². The van der Waals surface area contributed by atoms with Crippen molar-refractivity contribution in [3.63, 3.8) is 0 Å². The number of aliphatic carboxylic acids is 3. The highest BCUT2D eigenvalue weighted by atomic mass is 16.5. The van der Waals surface area contributed by atoms with Crippen molar-refractivity contribution in [2.75, 3.05) is 28.4 Å². The second kappa shape index (κ2) is 38.3. The highest BCUT2D eigenvalue weighted by Gasteiger charge is 2.60. The first-order chi connectivity index (χ1) is 26.8. The number of aryl methyl sites for hydroxylation is 1. The third kappa shape index (κ3) is 26.2. The number of ketones is 4. The number of carboxylic acid groups (broad SMARTS) is 3. The molecule has 3 fully saturated rings. The first-order valence-electron chi connectivity index (χ1n) is 19.7. The van der Waals surface area contributed by atoms with Gasteiger partial charge in [0.1, 0.15) is 23.1 Å². The molecule has 0 amide bonds. The van der Waals surface area contributed by atoms with E-state index in [9.17, 15) is 38.7 Å². The smallest absolute Gasteiger partial charge is 0.309 e. The summed E-state index contributed by atoms with van der Waals surface area (Å²) in [4.78, 5) is 76.8. The number of hydrogen-bond acceptors (Lipinski definition) is 11. The van der Waals surface area contributed by atoms with Gasteiger partial charge in [-0.15, -0.1) is 0 Å². The Kier molecular flexibility index (Phi) is 46.1. The predicted molar refractivity (Wildman–Crippen MR) is 265 cm³/mol. The minimum atomic E-state index is -0.877. The highest BCUT2D eigenvalue weighted by Crippen LogP contribution is 2.49. The summed E-state index contributed by atoms with van der Waals surface area (Å²) in [5.74, 6) is -4.01. The SMILES string of the molecule is C.C.C.C.C.C.C.C.COC(CCc1ccccc1)CC(C)=O.COC1(CC(C)=O)CC1C(=O)O.COC1(CC(C)=O)CCCC1C(=O)O.COC1(CC(C)=O)CCCCCC1C(=O)O. The van der Waals surface area contributed by atoms with Gasteiger partial charge < -0.3 is 34.3 Å². The molecule has 0 aliphatic heterocycles. The number of Topliss-reactive ketones (excluding diaryl/α,β-unsaturated/α-hetero) is 4. The fourth-order valence-corrected chi connectivity index (χ4v) is 8.14. The van der Waals surface area contributed by atoms with Gasteiger partial charge in [-0.05, 0) is 84.6 Å². The Morgan fingerprint density at radius 1 is 0.538 bits per heavy atom. The molecular weight excluding hydrogens is 837 g/mol. The molecule has 0 heterocycles. The molecule has 4 rings (SSSR count). The summed E-state index contributed by atoms with van der Waals surface area (Å²) < 4.78 is 21.0. The van der Waals surface area contributed by atoms with Crippen LogP contribution in [-0.4, -0.2) is 108 Å². The lowest BCUT2D eigenvalue weighted by Gasteiger charge is -2.35. The van der Waals surface area contributed by atoms with Gasteiger partial charge in [0.2, 0.25) is 0 Å². The molecule has 14 nitrogen and oxygen atoms in total. The minimum Gasteiger partial charge on any atom is -0.481 e. The standard InChI is InChI=1S/C13H18O2.C12H20O4.C10H16O4.C8H12O4.8CH4/c1-11(14)10-13(15-2)9-8-12-6-4-3-5-7-12;1-9(13)8-12(16-2)7-5-3-4-6-10(12)11(14)15;1-7(11)6-10(14-2)5-3-4-8(10)9(12)13;1-5(9)3-8(12-2)4-6(8)7(10)11;;;;;;;;/h3-7,13H,8-10H2,1-2H3;10H,3-8H2,1-2H3,(H,14,15);8H,3-6H2,1-2H3,(H,12,13);6H,3-4H2,1-2H3,(H,10,11);8*1H4. The summed E-state index contributed by atoms with van der Waals surface area (Å²) >= 11 is 0. The van der Waals surface area contributed by atoms with Crippen LogP contribution in [-0.2, 0) is 58.9 Å². The second-order valence-corrected chi connectivity index (χ2v) is 15.6. The van der Waals surface area contributed by atoms with Gasteiger partial charge in [-0.2, -0.15) is 0 Å². The summed E-state index contributed by atoms with van der Waals surface area (Å²) in [7, 11) is 6.12. The molecule has 1 aromatic carbocycles. The zero-order valence-corrected chi connectivity index (χ0v) is 35.1. The van der Waals surface area contributed by atoms with Crippen molar-refractivity contribution in [3.05, 3.63) is 35.9 Å². The fourth-order valence-electron chi connectivity index (χ4n) is 8.14. The average molecular weight is 935 g/mol. The van der Waals surface area contributed by atoms with Gasteiger partial charge in [-0.25, -0.2) is 0 Å². The fraction of sp³-hybridized carbons (Fsp3) is 0.745. The van der Waals surface area contributed by atoms with E-state index < -0.39 is 52.5 Å². The molecule has 3 saturated carbocycles. The third-order valence-electron chi connectivity index (χ3n) is 11.2. The summed E-state index contributed by atoms with van der Waals surface area (Å²) in [5, 5.41) is 26.9. The number of ether oxygens (including phenoxy) is 4. The zero-order valence-electron chi connectivity index (χ0n) is 35.1. The van der Waals surface area contributed by atoms with Gasteiger partial charge in [0.15, 0.2) is 0 Å². The number of carbonyl (C=O) groups is 7. The van der Waals surface area contributed by atoms with E-state index >= 15 is 0 Å². The molecule has 0 aromatic heterocycles. The van der Waals surface area contributed by atoms with Crippen molar-refractivity contribution >= 4 is 41.0 Å². The van der Waals surface area contributed by atoms with Crippen LogP contribution in [0.2, 0.25) is 0 Å². The van der Waals surface area contributed by atoms with Gasteiger partial charge >= 0.3 is 17.9 Å². The van der Waals surface area contributed by atoms with Gasteiger partial charge in [-0.1, -0.05) is 109 Å². The Balaban J connectivity index is -0.000000107. The quantitative estimate of drug-likeness (QED) is 0.117. The summed E-state index contributed by atoms with van der Waals surface area (Å²) in [6.07, 6.45) is 9.75. The molecule has 3 aliphatic rings. The molecule has 65 heavy (non-hydrogen) atoms. The van der Waals surface area contributed by atoms with Crippen LogP contribution < -0.4 is 0 Å². The monoisotopic (exact) mass is 935 g/mol. The van der Waals surface area contributed by atoms with Crippen LogP contribution in [0.3, 0.4) is 0 Å². The number of carboxylic acids is 3. The van der Waals surface area contributed by atoms with Crippen LogP contribution in [0.1, 0.15) is 183 Å². The van der Waals surface area contributed by atoms with Crippen LogP contribution in [0.4, 0.5) is 0 Å². The van der Waals surface area contributed by atoms with Crippen LogP contribution in [0, 0.1) is 17.8 Å². The normalized spacial score (nSPS) is 23.4. The van der Waals surface area contributed by atoms with E-state index in [1.54, 1.807) is 14.0 Å². The summed E-state index contributed by atoms with van der Waals surface area (Å²) in [6.45, 7) is 6.01. The Morgan fingerprint density at radius 2 is 0.923 bits per heavy atom. The Bertz CT molecular complexity index is 1480. The maximum Gasteiger partial charge on any atom is 0.309 e. The number of benzene rings is 1. The molecule has 0 spiro atoms. The van der Waals surface area contributed by atoms with Crippen molar-refractivity contribution in [3.8, 4) is 0 Å². The first-order valence-corrected chi connectivity index (χ1v) is 19.7. The maximum atomic E-state index is 11.3. The van der Waals surface area contributed by atoms with Crippen molar-refractivity contribution in [1.82, 2.24) is 0 Å². The molecule has 1 aromatic rings. The molecule has 386 valence electrons. The zero-order chi connectivity index (χ0) is 43.4. The lowest BCUT2D eigenvalue weighted by molar-refractivity contribution is -0.159. The van der Waals surface area contributed by atoms with E-state index in [-0.39, 0.29) is 108 Å². The van der Waals surface area contributed by atoms with Gasteiger partial charge in [0.05, 0.1) is 40.7 Å². The van der Waals surface area contributed by atoms with E-state index in [1.165, 1.54) is 47.7 Å². The Morgan fingerprint density at radius 3 is 1.26 bits per heavy atom. The lowest BCUT2D eigenvalue weighted by atomic mass is 9.79. The predicted octanol–water partition coefficient (Wildman–Crippen LogP) is 11.4. The lowest BCUT2D eigenvalue weighted by Crippen LogP contribution is -2.45. The van der Waals surface area contributed by atoms with Crippen molar-refractivity contribution in [2.45, 2.75) is 206 Å². The second-order valence-electron chi connectivity index (χ2n) is 15.6. The number of carbonyl (C=O) groups excluding carboxylic acids is 4. The van der Waals surface area contributed by atoms with E-state index in [2.05, 4.69) is 12.1 Å². The van der Waals surface area contributed by atoms with Crippen LogP contribution in [0.25, 0.3) is 0 Å².